The third-order valence-electron chi connectivity index (χ3n) is 4.01. The van der Waals surface area contributed by atoms with Gasteiger partial charge in [0.2, 0.25) is 15.9 Å². The smallest absolute Gasteiger partial charge is 0.232 e. The number of carbonyl (C=O) groups excluding carboxylic acids is 1. The molecule has 0 fully saturated rings. The van der Waals surface area contributed by atoms with Crippen LogP contribution in [-0.4, -0.2) is 27.1 Å². The van der Waals surface area contributed by atoms with Gasteiger partial charge in [-0.25, -0.2) is 17.2 Å². The monoisotopic (exact) mass is 382 g/mol. The molecule has 0 radical (unpaired) electrons. The van der Waals surface area contributed by atoms with Crippen LogP contribution < -0.4 is 9.62 Å². The Morgan fingerprint density at radius 2 is 1.65 bits per heavy atom. The maximum atomic E-state index is 14.0. The van der Waals surface area contributed by atoms with Gasteiger partial charge in [-0.3, -0.25) is 9.10 Å². The summed E-state index contributed by atoms with van der Waals surface area (Å²) in [4.78, 5) is 12.2. The molecule has 0 saturated heterocycles. The Labute approximate surface area is 151 Å². The van der Waals surface area contributed by atoms with Crippen LogP contribution in [0.4, 0.5) is 20.2 Å². The number of anilines is 2. The number of hydrogen-bond acceptors (Lipinski definition) is 3. The van der Waals surface area contributed by atoms with Crippen molar-refractivity contribution in [3.8, 4) is 0 Å². The molecule has 0 aliphatic carbocycles. The van der Waals surface area contributed by atoms with Gasteiger partial charge in [0, 0.05) is 18.7 Å². The maximum absolute atomic E-state index is 14.0. The van der Waals surface area contributed by atoms with Crippen LogP contribution >= 0.6 is 0 Å². The number of nitrogens with one attached hydrogen (secondary N) is 1. The van der Waals surface area contributed by atoms with Crippen molar-refractivity contribution in [2.45, 2.75) is 20.3 Å². The van der Waals surface area contributed by atoms with Crippen molar-refractivity contribution in [3.63, 3.8) is 0 Å². The maximum Gasteiger partial charge on any atom is 0.232 e. The molecule has 1 N–H and O–H groups in total. The highest BCUT2D eigenvalue weighted by Gasteiger charge is 2.25. The van der Waals surface area contributed by atoms with Gasteiger partial charge in [0.15, 0.2) is 11.6 Å². The Bertz CT molecular complexity index is 910. The summed E-state index contributed by atoms with van der Waals surface area (Å²) in [6, 6.07) is 8.49. The van der Waals surface area contributed by atoms with Crippen molar-refractivity contribution in [3.05, 3.63) is 59.2 Å². The Morgan fingerprint density at radius 3 is 2.23 bits per heavy atom. The summed E-state index contributed by atoms with van der Waals surface area (Å²) in [5.41, 5.74) is 1.81. The summed E-state index contributed by atoms with van der Waals surface area (Å²) in [6.45, 7) is 3.37. The van der Waals surface area contributed by atoms with Crippen molar-refractivity contribution < 1.29 is 22.0 Å². The summed E-state index contributed by atoms with van der Waals surface area (Å²) in [7, 11) is -3.97. The third-order valence-corrected chi connectivity index (χ3v) is 5.17. The highest BCUT2D eigenvalue weighted by molar-refractivity contribution is 7.92. The molecule has 2 aromatic carbocycles. The second kappa shape index (κ2) is 7.82. The lowest BCUT2D eigenvalue weighted by Crippen LogP contribution is -2.34. The number of sulfonamides is 1. The van der Waals surface area contributed by atoms with E-state index in [-0.39, 0.29) is 13.0 Å². The molecule has 0 aromatic heterocycles. The van der Waals surface area contributed by atoms with Gasteiger partial charge in [-0.1, -0.05) is 18.2 Å². The number of nitrogens with zero attached hydrogens (tertiary/aromatic N) is 1. The van der Waals surface area contributed by atoms with Gasteiger partial charge in [-0.05, 0) is 43.2 Å². The topological polar surface area (TPSA) is 66.5 Å². The van der Waals surface area contributed by atoms with Crippen LogP contribution in [-0.2, 0) is 14.8 Å². The standard InChI is InChI=1S/C18H20F2N2O3S/c1-12-6-4-9-16(13(12)2)21-17(23)10-11-22(26(3,24)25)18-14(19)7-5-8-15(18)20/h4-9H,10-11H2,1-3H3,(H,21,23). The highest BCUT2D eigenvalue weighted by Crippen LogP contribution is 2.26. The first-order valence-corrected chi connectivity index (χ1v) is 9.74. The lowest BCUT2D eigenvalue weighted by molar-refractivity contribution is -0.116. The Balaban J connectivity index is 2.18. The minimum atomic E-state index is -3.97. The van der Waals surface area contributed by atoms with E-state index < -0.39 is 33.3 Å². The van der Waals surface area contributed by atoms with E-state index in [4.69, 9.17) is 0 Å². The van der Waals surface area contributed by atoms with E-state index in [1.54, 1.807) is 12.1 Å². The molecular weight excluding hydrogens is 362 g/mol. The van der Waals surface area contributed by atoms with Gasteiger partial charge in [0.1, 0.15) is 5.69 Å². The quantitative estimate of drug-likeness (QED) is 0.833. The number of hydrogen-bond donors (Lipinski definition) is 1. The minimum absolute atomic E-state index is 0.256. The Kier molecular flexibility index (Phi) is 5.97. The second-order valence-corrected chi connectivity index (χ2v) is 7.86. The van der Waals surface area contributed by atoms with E-state index in [2.05, 4.69) is 5.32 Å². The lowest BCUT2D eigenvalue weighted by atomic mass is 10.1. The molecule has 140 valence electrons. The van der Waals surface area contributed by atoms with Crippen LogP contribution in [0.5, 0.6) is 0 Å². The fourth-order valence-electron chi connectivity index (χ4n) is 2.47. The number of aryl methyl sites for hydroxylation is 1. The van der Waals surface area contributed by atoms with Crippen molar-refractivity contribution in [1.82, 2.24) is 0 Å². The summed E-state index contributed by atoms with van der Waals surface area (Å²) < 4.78 is 52.4. The summed E-state index contributed by atoms with van der Waals surface area (Å²) in [5, 5.41) is 2.69. The van der Waals surface area contributed by atoms with E-state index in [1.807, 2.05) is 19.9 Å². The molecule has 0 heterocycles. The van der Waals surface area contributed by atoms with Crippen LogP contribution in [0.3, 0.4) is 0 Å². The van der Waals surface area contributed by atoms with Gasteiger partial charge >= 0.3 is 0 Å². The van der Waals surface area contributed by atoms with Crippen molar-refractivity contribution in [2.75, 3.05) is 22.4 Å². The van der Waals surface area contributed by atoms with Crippen LogP contribution in [0.25, 0.3) is 0 Å². The normalized spacial score (nSPS) is 11.3. The molecule has 5 nitrogen and oxygen atoms in total. The molecule has 0 unspecified atom stereocenters. The number of rotatable bonds is 6. The summed E-state index contributed by atoms with van der Waals surface area (Å²) in [6.07, 6.45) is 0.579. The van der Waals surface area contributed by atoms with Crippen molar-refractivity contribution in [1.29, 1.82) is 0 Å². The first-order chi connectivity index (χ1) is 12.1. The molecule has 8 heteroatoms. The molecule has 1 amide bonds. The lowest BCUT2D eigenvalue weighted by Gasteiger charge is -2.23. The fraction of sp³-hybridized carbons (Fsp3) is 0.278. The number of benzene rings is 2. The van der Waals surface area contributed by atoms with Crippen molar-refractivity contribution in [2.24, 2.45) is 0 Å². The average Bonchev–Trinajstić information content (AvgIpc) is 2.53. The molecule has 0 aliphatic rings. The zero-order valence-electron chi connectivity index (χ0n) is 14.7. The van der Waals surface area contributed by atoms with E-state index in [0.717, 1.165) is 35.6 Å². The van der Waals surface area contributed by atoms with Gasteiger partial charge in [0.05, 0.1) is 6.26 Å². The predicted octanol–water partition coefficient (Wildman–Crippen LogP) is 3.38. The van der Waals surface area contributed by atoms with Crippen LogP contribution in [0.1, 0.15) is 17.5 Å². The number of para-hydroxylation sites is 1. The third kappa shape index (κ3) is 4.57. The van der Waals surface area contributed by atoms with Crippen LogP contribution in [0.15, 0.2) is 36.4 Å². The highest BCUT2D eigenvalue weighted by atomic mass is 32.2. The van der Waals surface area contributed by atoms with Gasteiger partial charge in [-0.2, -0.15) is 0 Å². The fourth-order valence-corrected chi connectivity index (χ4v) is 3.40. The average molecular weight is 382 g/mol. The molecule has 2 rings (SSSR count). The first kappa shape index (κ1) is 19.8. The Hall–Kier alpha value is -2.48. The van der Waals surface area contributed by atoms with Crippen molar-refractivity contribution >= 4 is 27.3 Å². The first-order valence-electron chi connectivity index (χ1n) is 7.89. The van der Waals surface area contributed by atoms with E-state index in [9.17, 15) is 22.0 Å². The van der Waals surface area contributed by atoms with Gasteiger partial charge < -0.3 is 5.32 Å². The largest absolute Gasteiger partial charge is 0.326 e. The zero-order valence-corrected chi connectivity index (χ0v) is 15.5. The Morgan fingerprint density at radius 1 is 1.08 bits per heavy atom. The SMILES string of the molecule is Cc1cccc(NC(=O)CCN(c2c(F)cccc2F)S(C)(=O)=O)c1C. The molecular formula is C18H20F2N2O3S. The minimum Gasteiger partial charge on any atom is -0.326 e. The molecule has 0 spiro atoms. The van der Waals surface area contributed by atoms with E-state index in [0.29, 0.717) is 9.99 Å². The second-order valence-electron chi connectivity index (χ2n) is 5.95. The molecule has 2 aromatic rings. The molecule has 0 atom stereocenters. The van der Waals surface area contributed by atoms with E-state index >= 15 is 0 Å². The molecule has 0 bridgehead atoms. The van der Waals surface area contributed by atoms with Crippen LogP contribution in [0.2, 0.25) is 0 Å². The molecule has 0 saturated carbocycles. The van der Waals surface area contributed by atoms with E-state index in [1.165, 1.54) is 0 Å². The molecule has 0 aliphatic heterocycles. The summed E-state index contributed by atoms with van der Waals surface area (Å²) in [5.74, 6) is -2.47. The number of carbonyl (C=O) groups is 1. The summed E-state index contributed by atoms with van der Waals surface area (Å²) >= 11 is 0. The number of halogens is 2. The van der Waals surface area contributed by atoms with Gasteiger partial charge in [0.25, 0.3) is 0 Å². The molecule has 26 heavy (non-hydrogen) atoms. The van der Waals surface area contributed by atoms with Crippen LogP contribution in [0, 0.1) is 25.5 Å². The predicted molar refractivity (Wildman–Crippen MR) is 97.7 cm³/mol. The van der Waals surface area contributed by atoms with Gasteiger partial charge in [-0.15, -0.1) is 0 Å². The zero-order chi connectivity index (χ0) is 19.5. The number of amides is 1.